The fraction of sp³-hybridized carbons (Fsp3) is 0.812. The molecule has 6 nitrogen and oxygen atoms in total. The number of rotatable bonds is 31. The molecule has 0 aromatic rings. The minimum absolute atomic E-state index is 0.0648. The normalized spacial score (nSPS) is 10.6. The van der Waals surface area contributed by atoms with Crippen molar-refractivity contribution in [3.8, 4) is 0 Å². The van der Waals surface area contributed by atoms with E-state index in [4.69, 9.17) is 18.9 Å². The van der Waals surface area contributed by atoms with E-state index in [1.54, 1.807) is 0 Å². The minimum atomic E-state index is -0.0648. The van der Waals surface area contributed by atoms with Gasteiger partial charge in [0.2, 0.25) is 0 Å². The van der Waals surface area contributed by atoms with Crippen LogP contribution in [-0.2, 0) is 28.5 Å². The molecule has 0 rings (SSSR count). The van der Waals surface area contributed by atoms with Gasteiger partial charge in [-0.05, 0) is 38.5 Å². The summed E-state index contributed by atoms with van der Waals surface area (Å²) in [4.78, 5) is 23.4. The summed E-state index contributed by atoms with van der Waals surface area (Å²) in [6, 6.07) is 0. The van der Waals surface area contributed by atoms with Gasteiger partial charge in [0, 0.05) is 12.8 Å². The predicted molar refractivity (Wildman–Crippen MR) is 156 cm³/mol. The molecule has 0 saturated carbocycles. The minimum Gasteiger partial charge on any atom is -0.502 e. The van der Waals surface area contributed by atoms with Crippen LogP contribution in [0.15, 0.2) is 25.7 Å². The topological polar surface area (TPSA) is 71.1 Å². The van der Waals surface area contributed by atoms with Crippen LogP contribution in [0.1, 0.15) is 141 Å². The van der Waals surface area contributed by atoms with Crippen LogP contribution in [0, 0.1) is 0 Å². The van der Waals surface area contributed by atoms with Crippen molar-refractivity contribution >= 4 is 11.9 Å². The van der Waals surface area contributed by atoms with Crippen LogP contribution in [0.2, 0.25) is 0 Å². The highest BCUT2D eigenvalue weighted by molar-refractivity contribution is 5.69. The van der Waals surface area contributed by atoms with E-state index in [0.717, 1.165) is 51.4 Å². The van der Waals surface area contributed by atoms with Crippen LogP contribution in [0.4, 0.5) is 0 Å². The lowest BCUT2D eigenvalue weighted by Crippen LogP contribution is -2.06. The van der Waals surface area contributed by atoms with Crippen molar-refractivity contribution in [2.45, 2.75) is 141 Å². The molecule has 0 unspecified atom stereocenters. The summed E-state index contributed by atoms with van der Waals surface area (Å²) in [6.07, 6.45) is 27.3. The zero-order valence-corrected chi connectivity index (χ0v) is 24.4. The van der Waals surface area contributed by atoms with Crippen molar-refractivity contribution in [1.29, 1.82) is 0 Å². The third-order valence-electron chi connectivity index (χ3n) is 6.59. The summed E-state index contributed by atoms with van der Waals surface area (Å²) in [6.45, 7) is 9.26. The molecule has 38 heavy (non-hydrogen) atoms. The molecule has 0 bridgehead atoms. The molecule has 0 aromatic heterocycles. The average Bonchev–Trinajstić information content (AvgIpc) is 2.91. The molecule has 0 heterocycles. The predicted octanol–water partition coefficient (Wildman–Crippen LogP) is 8.98. The Balaban J connectivity index is 3.18. The Morgan fingerprint density at radius 3 is 0.947 bits per heavy atom. The number of ether oxygens (including phenoxy) is 4. The van der Waals surface area contributed by atoms with Gasteiger partial charge in [0.05, 0.1) is 39.0 Å². The number of carbonyl (C=O) groups excluding carboxylic acids is 2. The van der Waals surface area contributed by atoms with Crippen LogP contribution in [-0.4, -0.2) is 38.4 Å². The molecule has 6 heteroatoms. The third kappa shape index (κ3) is 30.2. The summed E-state index contributed by atoms with van der Waals surface area (Å²) < 4.78 is 20.6. The monoisotopic (exact) mass is 538 g/mol. The Morgan fingerprint density at radius 2 is 0.658 bits per heavy atom. The average molecular weight is 539 g/mol. The third-order valence-corrected chi connectivity index (χ3v) is 6.59. The van der Waals surface area contributed by atoms with Crippen LogP contribution in [0.3, 0.4) is 0 Å². The molecular formula is C32H58O6. The maximum absolute atomic E-state index is 11.7. The molecule has 0 saturated heterocycles. The first-order valence-electron chi connectivity index (χ1n) is 15.5. The molecule has 0 atom stereocenters. The first kappa shape index (κ1) is 36.0. The zero-order valence-electron chi connectivity index (χ0n) is 24.4. The lowest BCUT2D eigenvalue weighted by molar-refractivity contribution is -0.144. The van der Waals surface area contributed by atoms with Gasteiger partial charge in [-0.3, -0.25) is 9.59 Å². The van der Waals surface area contributed by atoms with Crippen molar-refractivity contribution in [3.05, 3.63) is 25.7 Å². The summed E-state index contributed by atoms with van der Waals surface area (Å²) in [7, 11) is 0. The van der Waals surface area contributed by atoms with Gasteiger partial charge in [-0.1, -0.05) is 103 Å². The second-order valence-corrected chi connectivity index (χ2v) is 10.1. The van der Waals surface area contributed by atoms with Gasteiger partial charge in [0.15, 0.2) is 0 Å². The van der Waals surface area contributed by atoms with Crippen molar-refractivity contribution in [1.82, 2.24) is 0 Å². The smallest absolute Gasteiger partial charge is 0.305 e. The molecule has 0 aromatic carbocycles. The van der Waals surface area contributed by atoms with Crippen LogP contribution in [0.5, 0.6) is 0 Å². The van der Waals surface area contributed by atoms with E-state index in [1.165, 1.54) is 89.6 Å². The maximum Gasteiger partial charge on any atom is 0.305 e. The molecule has 0 spiro atoms. The number of hydrogen-bond acceptors (Lipinski definition) is 6. The molecular weight excluding hydrogens is 480 g/mol. The van der Waals surface area contributed by atoms with Crippen molar-refractivity contribution in [3.63, 3.8) is 0 Å². The van der Waals surface area contributed by atoms with Crippen molar-refractivity contribution in [2.75, 3.05) is 26.4 Å². The van der Waals surface area contributed by atoms with Crippen LogP contribution in [0.25, 0.3) is 0 Å². The van der Waals surface area contributed by atoms with Gasteiger partial charge in [-0.25, -0.2) is 0 Å². The number of carbonyl (C=O) groups is 2. The van der Waals surface area contributed by atoms with Gasteiger partial charge in [0.1, 0.15) is 0 Å². The Bertz CT molecular complexity index is 500. The first-order valence-corrected chi connectivity index (χ1v) is 15.5. The molecule has 0 aliphatic heterocycles. The molecule has 0 radical (unpaired) electrons. The lowest BCUT2D eigenvalue weighted by Gasteiger charge is -2.06. The van der Waals surface area contributed by atoms with Crippen LogP contribution >= 0.6 is 0 Å². The molecule has 222 valence electrons. The standard InChI is InChI=1S/C32H58O6/c1-3-35-27-21-23-29-37-31(33)25-19-17-15-13-11-9-7-5-6-8-10-12-14-16-18-20-26-32(34)38-30-24-22-28-36-4-2/h3-4H,1-2,5-30H2. The zero-order chi connectivity index (χ0) is 27.8. The van der Waals surface area contributed by atoms with E-state index in [2.05, 4.69) is 13.2 Å². The van der Waals surface area contributed by atoms with Gasteiger partial charge in [0.25, 0.3) is 0 Å². The van der Waals surface area contributed by atoms with Crippen molar-refractivity contribution in [2.24, 2.45) is 0 Å². The molecule has 0 aliphatic rings. The van der Waals surface area contributed by atoms with Gasteiger partial charge in [-0.2, -0.15) is 0 Å². The van der Waals surface area contributed by atoms with Gasteiger partial charge < -0.3 is 18.9 Å². The summed E-state index contributed by atoms with van der Waals surface area (Å²) in [5.41, 5.74) is 0. The van der Waals surface area contributed by atoms with E-state index in [0.29, 0.717) is 39.3 Å². The highest BCUT2D eigenvalue weighted by atomic mass is 16.5. The summed E-state index contributed by atoms with van der Waals surface area (Å²) >= 11 is 0. The lowest BCUT2D eigenvalue weighted by atomic mass is 10.0. The Morgan fingerprint density at radius 1 is 0.395 bits per heavy atom. The highest BCUT2D eigenvalue weighted by Gasteiger charge is 2.03. The van der Waals surface area contributed by atoms with E-state index in [1.807, 2.05) is 0 Å². The Labute approximate surface area is 233 Å². The largest absolute Gasteiger partial charge is 0.502 e. The Kier molecular flexibility index (Phi) is 29.6. The van der Waals surface area contributed by atoms with E-state index in [-0.39, 0.29) is 11.9 Å². The SMILES string of the molecule is C=COCCCCOC(=O)CCCCCCCCCCCCCCCCCCC(=O)OCCCCOC=C. The number of esters is 2. The van der Waals surface area contributed by atoms with E-state index >= 15 is 0 Å². The van der Waals surface area contributed by atoms with Gasteiger partial charge >= 0.3 is 11.9 Å². The second kappa shape index (κ2) is 31.2. The molecule has 0 amide bonds. The molecule has 0 N–H and O–H groups in total. The number of unbranched alkanes of at least 4 members (excludes halogenated alkanes) is 17. The quantitative estimate of drug-likeness (QED) is 0.0498. The summed E-state index contributed by atoms with van der Waals surface area (Å²) in [5.74, 6) is -0.130. The van der Waals surface area contributed by atoms with Crippen molar-refractivity contribution < 1.29 is 28.5 Å². The number of hydrogen-bond donors (Lipinski definition) is 0. The first-order chi connectivity index (χ1) is 18.7. The highest BCUT2D eigenvalue weighted by Crippen LogP contribution is 2.14. The van der Waals surface area contributed by atoms with Gasteiger partial charge in [-0.15, -0.1) is 0 Å². The summed E-state index contributed by atoms with van der Waals surface area (Å²) in [5, 5.41) is 0. The fourth-order valence-electron chi connectivity index (χ4n) is 4.27. The van der Waals surface area contributed by atoms with E-state index < -0.39 is 0 Å². The molecule has 0 fully saturated rings. The molecule has 0 aliphatic carbocycles. The Hall–Kier alpha value is -1.98. The maximum atomic E-state index is 11.7. The van der Waals surface area contributed by atoms with E-state index in [9.17, 15) is 9.59 Å². The second-order valence-electron chi connectivity index (χ2n) is 10.1. The fourth-order valence-corrected chi connectivity index (χ4v) is 4.27. The van der Waals surface area contributed by atoms with Crippen LogP contribution < -0.4 is 0 Å².